The summed E-state index contributed by atoms with van der Waals surface area (Å²) in [6.07, 6.45) is 3.12. The van der Waals surface area contributed by atoms with Crippen molar-refractivity contribution >= 4 is 23.5 Å². The molecule has 1 aliphatic carbocycles. The van der Waals surface area contributed by atoms with Gasteiger partial charge in [-0.3, -0.25) is 4.79 Å². The predicted molar refractivity (Wildman–Crippen MR) is 123 cm³/mol. The van der Waals surface area contributed by atoms with Crippen molar-refractivity contribution in [1.82, 2.24) is 0 Å². The van der Waals surface area contributed by atoms with E-state index in [9.17, 15) is 18.8 Å². The van der Waals surface area contributed by atoms with Gasteiger partial charge in [-0.25, -0.2) is 14.0 Å². The average Bonchev–Trinajstić information content (AvgIpc) is 3.53. The van der Waals surface area contributed by atoms with E-state index in [2.05, 4.69) is 5.32 Å². The molecule has 2 aromatic carbocycles. The number of methoxy groups -OCH3 is 1. The van der Waals surface area contributed by atoms with Gasteiger partial charge in [-0.2, -0.15) is 0 Å². The maximum absolute atomic E-state index is 14.0. The van der Waals surface area contributed by atoms with Crippen molar-refractivity contribution in [2.24, 2.45) is 0 Å². The molecule has 1 N–H and O–H groups in total. The Morgan fingerprint density at radius 3 is 2.38 bits per heavy atom. The molecule has 1 aliphatic heterocycles. The molecule has 0 bridgehead atoms. The Kier molecular flexibility index (Phi) is 6.70. The van der Waals surface area contributed by atoms with E-state index >= 15 is 0 Å². The quantitative estimate of drug-likeness (QED) is 0.471. The molecular formula is C26H30FN2O5+. The fraction of sp³-hybridized carbons (Fsp3) is 0.423. The predicted octanol–water partition coefficient (Wildman–Crippen LogP) is 3.75. The smallest absolute Gasteiger partial charge is 0.362 e. The largest absolute Gasteiger partial charge is 0.465 e. The second-order valence-electron chi connectivity index (χ2n) is 9.23. The molecular weight excluding hydrogens is 439 g/mol. The molecule has 8 heteroatoms. The van der Waals surface area contributed by atoms with E-state index in [0.29, 0.717) is 36.0 Å². The lowest BCUT2D eigenvalue weighted by Gasteiger charge is -2.40. The maximum atomic E-state index is 14.0. The zero-order valence-electron chi connectivity index (χ0n) is 19.6. The lowest BCUT2D eigenvalue weighted by molar-refractivity contribution is -0.934. The summed E-state index contributed by atoms with van der Waals surface area (Å²) in [7, 11) is 1.21. The van der Waals surface area contributed by atoms with Crippen LogP contribution in [0.5, 0.6) is 0 Å². The molecule has 1 amide bonds. The summed E-state index contributed by atoms with van der Waals surface area (Å²) in [5.41, 5.74) is 0.786. The van der Waals surface area contributed by atoms with Gasteiger partial charge in [0.1, 0.15) is 12.4 Å². The van der Waals surface area contributed by atoms with Crippen LogP contribution in [0, 0.1) is 12.7 Å². The van der Waals surface area contributed by atoms with Crippen LogP contribution in [-0.2, 0) is 25.7 Å². The normalized spacial score (nSPS) is 17.6. The monoisotopic (exact) mass is 469 g/mol. The number of amides is 1. The Morgan fingerprint density at radius 2 is 1.76 bits per heavy atom. The van der Waals surface area contributed by atoms with Crippen molar-refractivity contribution in [2.75, 3.05) is 32.1 Å². The van der Waals surface area contributed by atoms with Gasteiger partial charge in [0.15, 0.2) is 12.1 Å². The number of hydrogen-bond donors (Lipinski definition) is 1. The lowest BCUT2D eigenvalue weighted by Crippen LogP contribution is -2.62. The third-order valence-electron chi connectivity index (χ3n) is 7.10. The minimum atomic E-state index is -0.767. The molecule has 0 radical (unpaired) electrons. The third-order valence-corrected chi connectivity index (χ3v) is 7.10. The second-order valence-corrected chi connectivity index (χ2v) is 9.23. The molecule has 34 heavy (non-hydrogen) atoms. The number of quaternary nitrogens is 1. The van der Waals surface area contributed by atoms with Crippen LogP contribution in [0.3, 0.4) is 0 Å². The van der Waals surface area contributed by atoms with Gasteiger partial charge in [-0.05, 0) is 30.2 Å². The van der Waals surface area contributed by atoms with Crippen LogP contribution in [0.2, 0.25) is 0 Å². The van der Waals surface area contributed by atoms with Gasteiger partial charge in [-0.1, -0.05) is 30.3 Å². The summed E-state index contributed by atoms with van der Waals surface area (Å²) in [5.74, 6) is -1.90. The zero-order valence-corrected chi connectivity index (χ0v) is 19.6. The first-order valence-corrected chi connectivity index (χ1v) is 11.6. The minimum absolute atomic E-state index is 0.0283. The van der Waals surface area contributed by atoms with Gasteiger partial charge in [0, 0.05) is 25.7 Å². The number of benzene rings is 2. The Balaban J connectivity index is 1.53. The first kappa shape index (κ1) is 23.9. The van der Waals surface area contributed by atoms with E-state index in [-0.39, 0.29) is 36.3 Å². The Hall–Kier alpha value is -3.26. The molecule has 2 aromatic rings. The van der Waals surface area contributed by atoms with Gasteiger partial charge in [-0.15, -0.1) is 0 Å². The van der Waals surface area contributed by atoms with Gasteiger partial charge < -0.3 is 19.3 Å². The number of nitrogens with one attached hydrogen (secondary N) is 1. The lowest BCUT2D eigenvalue weighted by atomic mass is 10.1. The van der Waals surface area contributed by atoms with Gasteiger partial charge in [0.25, 0.3) is 5.91 Å². The number of halogens is 1. The highest BCUT2D eigenvalue weighted by atomic mass is 19.1. The highest BCUT2D eigenvalue weighted by Crippen LogP contribution is 2.50. The van der Waals surface area contributed by atoms with E-state index < -0.39 is 17.3 Å². The first-order chi connectivity index (χ1) is 16.3. The SMILES string of the molecule is COC(=O)c1cc(F)cc(C)c1NC(=O)C1([N+]2(CC(=O)OCc3ccccc3)CCCC2)CC1. The molecule has 180 valence electrons. The van der Waals surface area contributed by atoms with Crippen LogP contribution < -0.4 is 5.32 Å². The van der Waals surface area contributed by atoms with E-state index in [1.54, 1.807) is 6.92 Å². The highest BCUT2D eigenvalue weighted by molar-refractivity contribution is 6.05. The number of nitrogens with zero attached hydrogens (tertiary/aromatic N) is 1. The number of rotatable bonds is 8. The molecule has 0 atom stereocenters. The van der Waals surface area contributed by atoms with Gasteiger partial charge in [0.2, 0.25) is 0 Å². The van der Waals surface area contributed by atoms with Crippen molar-refractivity contribution in [3.63, 3.8) is 0 Å². The third kappa shape index (κ3) is 4.55. The highest BCUT2D eigenvalue weighted by Gasteiger charge is 2.67. The fourth-order valence-corrected chi connectivity index (χ4v) is 5.15. The van der Waals surface area contributed by atoms with Crippen LogP contribution >= 0.6 is 0 Å². The standard InChI is InChI=1S/C26H29FN2O5/c1-18-14-20(27)15-21(24(31)33-2)23(18)28-25(32)26(10-11-26)29(12-6-7-13-29)16-22(30)34-17-19-8-4-3-5-9-19/h3-5,8-9,14-15H,6-7,10-13,16-17H2,1-2H3/p+1. The van der Waals surface area contributed by atoms with Crippen molar-refractivity contribution in [2.45, 2.75) is 44.8 Å². The number of carbonyl (C=O) groups excluding carboxylic acids is 3. The van der Waals surface area contributed by atoms with E-state index in [0.717, 1.165) is 24.5 Å². The van der Waals surface area contributed by atoms with E-state index in [1.807, 2.05) is 30.3 Å². The zero-order chi connectivity index (χ0) is 24.3. The Bertz CT molecular complexity index is 1090. The average molecular weight is 470 g/mol. The summed E-state index contributed by atoms with van der Waals surface area (Å²) in [4.78, 5) is 38.7. The molecule has 0 spiro atoms. The van der Waals surface area contributed by atoms with Gasteiger partial charge in [0.05, 0.1) is 31.5 Å². The number of aryl methyl sites for hydroxylation is 1. The van der Waals surface area contributed by atoms with E-state index in [4.69, 9.17) is 9.47 Å². The number of hydrogen-bond acceptors (Lipinski definition) is 5. The summed E-state index contributed by atoms with van der Waals surface area (Å²) < 4.78 is 24.6. The topological polar surface area (TPSA) is 81.7 Å². The molecule has 2 aliphatic rings. The molecule has 1 heterocycles. The van der Waals surface area contributed by atoms with Crippen molar-refractivity contribution < 1.29 is 32.7 Å². The number of likely N-dealkylation sites (tertiary alicyclic amines) is 1. The van der Waals surface area contributed by atoms with Crippen molar-refractivity contribution in [3.8, 4) is 0 Å². The number of ether oxygens (including phenoxy) is 2. The molecule has 7 nitrogen and oxygen atoms in total. The molecule has 1 saturated heterocycles. The summed E-state index contributed by atoms with van der Waals surface area (Å²) >= 11 is 0. The first-order valence-electron chi connectivity index (χ1n) is 11.6. The fourth-order valence-electron chi connectivity index (χ4n) is 5.15. The van der Waals surface area contributed by atoms with Crippen LogP contribution in [0.15, 0.2) is 42.5 Å². The second kappa shape index (κ2) is 9.54. The van der Waals surface area contributed by atoms with Crippen LogP contribution in [0.25, 0.3) is 0 Å². The Labute approximate surface area is 198 Å². The summed E-state index contributed by atoms with van der Waals surface area (Å²) in [6.45, 7) is 3.36. The molecule has 2 fully saturated rings. The van der Waals surface area contributed by atoms with Crippen molar-refractivity contribution in [1.29, 1.82) is 0 Å². The number of esters is 2. The van der Waals surface area contributed by atoms with Crippen LogP contribution in [0.1, 0.15) is 47.2 Å². The van der Waals surface area contributed by atoms with E-state index in [1.165, 1.54) is 13.2 Å². The number of carbonyl (C=O) groups is 3. The summed E-state index contributed by atoms with van der Waals surface area (Å²) in [5, 5.41) is 2.88. The molecule has 0 aromatic heterocycles. The van der Waals surface area contributed by atoms with Gasteiger partial charge >= 0.3 is 11.9 Å². The maximum Gasteiger partial charge on any atom is 0.362 e. The summed E-state index contributed by atoms with van der Waals surface area (Å²) in [6, 6.07) is 11.8. The molecule has 4 rings (SSSR count). The van der Waals surface area contributed by atoms with Crippen LogP contribution in [0.4, 0.5) is 10.1 Å². The van der Waals surface area contributed by atoms with Crippen LogP contribution in [-0.4, -0.2) is 54.6 Å². The molecule has 1 saturated carbocycles. The number of anilines is 1. The minimum Gasteiger partial charge on any atom is -0.465 e. The Morgan fingerprint density at radius 1 is 1.09 bits per heavy atom. The van der Waals surface area contributed by atoms with Crippen molar-refractivity contribution in [3.05, 3.63) is 65.0 Å². The molecule has 0 unspecified atom stereocenters.